The van der Waals surface area contributed by atoms with Crippen LogP contribution in [0.2, 0.25) is 0 Å². The molecule has 0 aromatic heterocycles. The van der Waals surface area contributed by atoms with E-state index in [1.54, 1.807) is 14.0 Å². The lowest BCUT2D eigenvalue weighted by Crippen LogP contribution is -2.49. The molecule has 3 rings (SSSR count). The summed E-state index contributed by atoms with van der Waals surface area (Å²) >= 11 is 0. The lowest BCUT2D eigenvalue weighted by Gasteiger charge is -2.36. The summed E-state index contributed by atoms with van der Waals surface area (Å²) in [6, 6.07) is 17.6. The van der Waals surface area contributed by atoms with Crippen molar-refractivity contribution >= 4 is 11.6 Å². The van der Waals surface area contributed by atoms with Crippen LogP contribution in [0.4, 0.5) is 5.69 Å². The summed E-state index contributed by atoms with van der Waals surface area (Å²) < 4.78 is 10.9. The molecular weight excluding hydrogens is 354 g/mol. The van der Waals surface area contributed by atoms with Crippen molar-refractivity contribution in [1.29, 1.82) is 0 Å². The first-order valence-electron chi connectivity index (χ1n) is 9.76. The molecule has 2 aromatic rings. The van der Waals surface area contributed by atoms with Crippen molar-refractivity contribution in [2.45, 2.75) is 13.0 Å². The van der Waals surface area contributed by atoms with E-state index in [9.17, 15) is 4.79 Å². The molecule has 0 radical (unpaired) electrons. The number of hydrogen-bond donors (Lipinski definition) is 1. The Bertz CT molecular complexity index is 728. The maximum absolute atomic E-state index is 12.2. The quantitative estimate of drug-likeness (QED) is 0.759. The number of amides is 1. The highest BCUT2D eigenvalue weighted by molar-refractivity contribution is 5.80. The highest BCUT2D eigenvalue weighted by Crippen LogP contribution is 2.20. The average Bonchev–Trinajstić information content (AvgIpc) is 2.75. The average molecular weight is 383 g/mol. The molecule has 6 nitrogen and oxygen atoms in total. The van der Waals surface area contributed by atoms with Crippen LogP contribution < -0.4 is 19.7 Å². The largest absolute Gasteiger partial charge is 0.497 e. The number of hydrogen-bond acceptors (Lipinski definition) is 5. The summed E-state index contributed by atoms with van der Waals surface area (Å²) in [5.41, 5.74) is 1.22. The summed E-state index contributed by atoms with van der Waals surface area (Å²) in [4.78, 5) is 17.0. The van der Waals surface area contributed by atoms with Crippen LogP contribution in [0.15, 0.2) is 54.6 Å². The van der Waals surface area contributed by atoms with Gasteiger partial charge >= 0.3 is 0 Å². The van der Waals surface area contributed by atoms with Crippen molar-refractivity contribution in [2.24, 2.45) is 0 Å². The van der Waals surface area contributed by atoms with E-state index in [0.717, 1.165) is 38.5 Å². The number of anilines is 1. The number of piperazine rings is 1. The fourth-order valence-corrected chi connectivity index (χ4v) is 3.26. The maximum Gasteiger partial charge on any atom is 0.260 e. The van der Waals surface area contributed by atoms with Crippen LogP contribution in [-0.4, -0.2) is 63.3 Å². The van der Waals surface area contributed by atoms with Crippen molar-refractivity contribution < 1.29 is 14.3 Å². The van der Waals surface area contributed by atoms with Gasteiger partial charge in [-0.25, -0.2) is 0 Å². The number of rotatable bonds is 8. The number of methoxy groups -OCH3 is 1. The second kappa shape index (κ2) is 9.99. The zero-order chi connectivity index (χ0) is 19.8. The number of benzene rings is 2. The molecule has 1 saturated heterocycles. The lowest BCUT2D eigenvalue weighted by molar-refractivity contribution is -0.127. The number of nitrogens with one attached hydrogen (secondary N) is 1. The molecule has 1 aliphatic rings. The maximum atomic E-state index is 12.2. The van der Waals surface area contributed by atoms with E-state index in [-0.39, 0.29) is 5.91 Å². The van der Waals surface area contributed by atoms with Crippen LogP contribution in [0.3, 0.4) is 0 Å². The Kier molecular flexibility index (Phi) is 7.14. The molecule has 1 amide bonds. The molecular formula is C22H29N3O3. The normalized spacial score (nSPS) is 15.7. The molecule has 0 saturated carbocycles. The van der Waals surface area contributed by atoms with Crippen molar-refractivity contribution in [2.75, 3.05) is 51.3 Å². The standard InChI is InChI=1S/C22H29N3O3/c1-18(28-21-6-4-3-5-7-21)22(26)23-12-13-24-14-16-25(17-15-24)19-8-10-20(27-2)11-9-19/h3-11,18H,12-17H2,1-2H3,(H,23,26). The van der Waals surface area contributed by atoms with Gasteiger partial charge in [0.15, 0.2) is 6.10 Å². The predicted molar refractivity (Wildman–Crippen MR) is 111 cm³/mol. The Balaban J connectivity index is 1.35. The van der Waals surface area contributed by atoms with E-state index < -0.39 is 6.10 Å². The molecule has 0 spiro atoms. The van der Waals surface area contributed by atoms with Crippen LogP contribution in [0.5, 0.6) is 11.5 Å². The van der Waals surface area contributed by atoms with E-state index in [1.807, 2.05) is 42.5 Å². The summed E-state index contributed by atoms with van der Waals surface area (Å²) in [5.74, 6) is 1.50. The zero-order valence-corrected chi connectivity index (χ0v) is 16.6. The van der Waals surface area contributed by atoms with E-state index in [2.05, 4.69) is 27.2 Å². The topological polar surface area (TPSA) is 54.0 Å². The van der Waals surface area contributed by atoms with E-state index in [0.29, 0.717) is 12.3 Å². The van der Waals surface area contributed by atoms with Gasteiger partial charge in [0.05, 0.1) is 7.11 Å². The first-order chi connectivity index (χ1) is 13.7. The van der Waals surface area contributed by atoms with Crippen LogP contribution in [0.25, 0.3) is 0 Å². The fourth-order valence-electron chi connectivity index (χ4n) is 3.26. The molecule has 6 heteroatoms. The minimum Gasteiger partial charge on any atom is -0.497 e. The van der Waals surface area contributed by atoms with Crippen molar-refractivity contribution in [3.8, 4) is 11.5 Å². The Morgan fingerprint density at radius 2 is 1.68 bits per heavy atom. The van der Waals surface area contributed by atoms with Crippen molar-refractivity contribution in [3.05, 3.63) is 54.6 Å². The van der Waals surface area contributed by atoms with Gasteiger partial charge in [0.25, 0.3) is 5.91 Å². The molecule has 1 fully saturated rings. The number of carbonyl (C=O) groups is 1. The predicted octanol–water partition coefficient (Wildman–Crippen LogP) is 2.40. The van der Waals surface area contributed by atoms with Gasteiger partial charge < -0.3 is 19.7 Å². The third-order valence-corrected chi connectivity index (χ3v) is 4.96. The number of nitrogens with zero attached hydrogens (tertiary/aromatic N) is 2. The van der Waals surface area contributed by atoms with Crippen molar-refractivity contribution in [1.82, 2.24) is 10.2 Å². The Hall–Kier alpha value is -2.73. The van der Waals surface area contributed by atoms with Gasteiger partial charge in [-0.2, -0.15) is 0 Å². The number of ether oxygens (including phenoxy) is 2. The summed E-state index contributed by atoms with van der Waals surface area (Å²) in [6.07, 6.45) is -0.505. The lowest BCUT2D eigenvalue weighted by atomic mass is 10.2. The van der Waals surface area contributed by atoms with Gasteiger partial charge in [-0.05, 0) is 43.3 Å². The third kappa shape index (κ3) is 5.63. The highest BCUT2D eigenvalue weighted by Gasteiger charge is 2.18. The summed E-state index contributed by atoms with van der Waals surface area (Å²) in [5, 5.41) is 2.97. The third-order valence-electron chi connectivity index (χ3n) is 4.96. The van der Waals surface area contributed by atoms with E-state index >= 15 is 0 Å². The van der Waals surface area contributed by atoms with Crippen LogP contribution in [0, 0.1) is 0 Å². The Morgan fingerprint density at radius 3 is 2.32 bits per heavy atom. The van der Waals surface area contributed by atoms with Gasteiger partial charge in [0, 0.05) is 45.0 Å². The molecule has 28 heavy (non-hydrogen) atoms. The first-order valence-corrected chi connectivity index (χ1v) is 9.76. The van der Waals surface area contributed by atoms with Gasteiger partial charge in [0.1, 0.15) is 11.5 Å². The Labute approximate surface area is 167 Å². The smallest absolute Gasteiger partial charge is 0.260 e. The molecule has 0 bridgehead atoms. The fraction of sp³-hybridized carbons (Fsp3) is 0.409. The molecule has 1 aliphatic heterocycles. The molecule has 1 atom stereocenters. The molecule has 0 aliphatic carbocycles. The molecule has 1 heterocycles. The van der Waals surface area contributed by atoms with Crippen LogP contribution in [0.1, 0.15) is 6.92 Å². The van der Waals surface area contributed by atoms with E-state index in [4.69, 9.17) is 9.47 Å². The number of carbonyl (C=O) groups excluding carboxylic acids is 1. The summed E-state index contributed by atoms with van der Waals surface area (Å²) in [6.45, 7) is 7.18. The van der Waals surface area contributed by atoms with E-state index in [1.165, 1.54) is 5.69 Å². The minimum absolute atomic E-state index is 0.0827. The summed E-state index contributed by atoms with van der Waals surface area (Å²) in [7, 11) is 1.68. The molecule has 150 valence electrons. The SMILES string of the molecule is COc1ccc(N2CCN(CCNC(=O)C(C)Oc3ccccc3)CC2)cc1. The van der Waals surface area contributed by atoms with Crippen LogP contribution >= 0.6 is 0 Å². The van der Waals surface area contributed by atoms with Gasteiger partial charge in [-0.1, -0.05) is 18.2 Å². The van der Waals surface area contributed by atoms with Crippen LogP contribution in [-0.2, 0) is 4.79 Å². The second-order valence-corrected chi connectivity index (χ2v) is 6.89. The first kappa shape index (κ1) is 20.0. The second-order valence-electron chi connectivity index (χ2n) is 6.89. The number of para-hydroxylation sites is 1. The van der Waals surface area contributed by atoms with Gasteiger partial charge in [-0.15, -0.1) is 0 Å². The minimum atomic E-state index is -0.505. The molecule has 1 N–H and O–H groups in total. The van der Waals surface area contributed by atoms with Gasteiger partial charge in [-0.3, -0.25) is 9.69 Å². The molecule has 1 unspecified atom stereocenters. The zero-order valence-electron chi connectivity index (χ0n) is 16.6. The van der Waals surface area contributed by atoms with Crippen molar-refractivity contribution in [3.63, 3.8) is 0 Å². The Morgan fingerprint density at radius 1 is 1.00 bits per heavy atom. The monoisotopic (exact) mass is 383 g/mol. The molecule has 2 aromatic carbocycles. The highest BCUT2D eigenvalue weighted by atomic mass is 16.5. The van der Waals surface area contributed by atoms with Gasteiger partial charge in [0.2, 0.25) is 0 Å².